The second-order valence-corrected chi connectivity index (χ2v) is 6.43. The molecule has 6 nitrogen and oxygen atoms in total. The summed E-state index contributed by atoms with van der Waals surface area (Å²) in [7, 11) is -1.84. The molecule has 1 aliphatic heterocycles. The maximum Gasteiger partial charge on any atom is 0.162 e. The van der Waals surface area contributed by atoms with Gasteiger partial charge in [0.1, 0.15) is 12.2 Å². The lowest BCUT2D eigenvalue weighted by Gasteiger charge is -2.17. The summed E-state index contributed by atoms with van der Waals surface area (Å²) in [4.78, 5) is 0. The molecule has 1 fully saturated rings. The van der Waals surface area contributed by atoms with E-state index in [1.54, 1.807) is 0 Å². The van der Waals surface area contributed by atoms with Crippen molar-refractivity contribution >= 4 is 9.84 Å². The van der Waals surface area contributed by atoms with E-state index in [4.69, 9.17) is 14.7 Å². The summed E-state index contributed by atoms with van der Waals surface area (Å²) in [6.45, 7) is 0. The summed E-state index contributed by atoms with van der Waals surface area (Å²) in [5, 5.41) is 18.4. The van der Waals surface area contributed by atoms with Gasteiger partial charge in [0.05, 0.1) is 30.2 Å². The molecule has 1 saturated heterocycles. The van der Waals surface area contributed by atoms with Crippen molar-refractivity contribution in [1.82, 2.24) is 0 Å². The Balaban J connectivity index is 2.23. The lowest BCUT2D eigenvalue weighted by atomic mass is 10.2. The molecule has 0 radical (unpaired) electrons. The van der Waals surface area contributed by atoms with E-state index >= 15 is 0 Å². The van der Waals surface area contributed by atoms with Crippen LogP contribution in [0.1, 0.15) is 5.56 Å². The van der Waals surface area contributed by atoms with Gasteiger partial charge in [-0.1, -0.05) is 0 Å². The van der Waals surface area contributed by atoms with Gasteiger partial charge in [-0.25, -0.2) is 8.42 Å². The predicted octanol–water partition coefficient (Wildman–Crippen LogP) is 0.104. The minimum absolute atomic E-state index is 0.225. The molecule has 1 aromatic rings. The summed E-state index contributed by atoms with van der Waals surface area (Å²) >= 11 is 0. The van der Waals surface area contributed by atoms with E-state index in [2.05, 4.69) is 0 Å². The second kappa shape index (κ2) is 5.07. The fourth-order valence-electron chi connectivity index (χ4n) is 1.91. The van der Waals surface area contributed by atoms with Crippen LogP contribution in [0.15, 0.2) is 18.2 Å². The Hall–Kier alpha value is -1.78. The van der Waals surface area contributed by atoms with Crippen LogP contribution >= 0.6 is 0 Å². The average Bonchev–Trinajstić information content (AvgIpc) is 2.62. The van der Waals surface area contributed by atoms with Crippen LogP contribution in [-0.4, -0.2) is 44.3 Å². The molecule has 1 heterocycles. The van der Waals surface area contributed by atoms with Crippen molar-refractivity contribution in [2.24, 2.45) is 0 Å². The van der Waals surface area contributed by atoms with Crippen LogP contribution in [0.3, 0.4) is 0 Å². The molecular weight excluding hydrogens is 270 g/mol. The molecule has 0 amide bonds. The van der Waals surface area contributed by atoms with Crippen molar-refractivity contribution in [3.05, 3.63) is 23.8 Å². The third-order valence-electron chi connectivity index (χ3n) is 2.84. The van der Waals surface area contributed by atoms with Gasteiger partial charge in [0.2, 0.25) is 0 Å². The number of sulfone groups is 1. The number of benzene rings is 1. The number of hydrogen-bond donors (Lipinski definition) is 1. The van der Waals surface area contributed by atoms with Gasteiger partial charge >= 0.3 is 0 Å². The lowest BCUT2D eigenvalue weighted by molar-refractivity contribution is 0.0718. The van der Waals surface area contributed by atoms with E-state index in [1.807, 2.05) is 6.07 Å². The highest BCUT2D eigenvalue weighted by molar-refractivity contribution is 7.91. The van der Waals surface area contributed by atoms with Crippen LogP contribution < -0.4 is 9.47 Å². The number of methoxy groups -OCH3 is 1. The quantitative estimate of drug-likeness (QED) is 0.845. The van der Waals surface area contributed by atoms with Crippen molar-refractivity contribution in [3.63, 3.8) is 0 Å². The van der Waals surface area contributed by atoms with E-state index in [-0.39, 0.29) is 11.5 Å². The zero-order valence-electron chi connectivity index (χ0n) is 10.2. The molecule has 1 aliphatic rings. The molecule has 19 heavy (non-hydrogen) atoms. The Bertz CT molecular complexity index is 619. The number of ether oxygens (including phenoxy) is 2. The first kappa shape index (κ1) is 13.6. The molecule has 0 aromatic heterocycles. The Morgan fingerprint density at radius 3 is 2.63 bits per heavy atom. The van der Waals surface area contributed by atoms with Crippen molar-refractivity contribution in [1.29, 1.82) is 5.26 Å². The monoisotopic (exact) mass is 283 g/mol. The van der Waals surface area contributed by atoms with Gasteiger partial charge in [0, 0.05) is 6.07 Å². The van der Waals surface area contributed by atoms with Gasteiger partial charge < -0.3 is 14.6 Å². The van der Waals surface area contributed by atoms with Gasteiger partial charge in [-0.2, -0.15) is 5.26 Å². The molecule has 1 aromatic carbocycles. The van der Waals surface area contributed by atoms with Crippen LogP contribution in [0.25, 0.3) is 0 Å². The maximum atomic E-state index is 11.4. The van der Waals surface area contributed by atoms with Crippen molar-refractivity contribution < 1.29 is 23.0 Å². The van der Waals surface area contributed by atoms with Gasteiger partial charge in [0.25, 0.3) is 0 Å². The van der Waals surface area contributed by atoms with E-state index < -0.39 is 22.0 Å². The third-order valence-corrected chi connectivity index (χ3v) is 4.53. The Kier molecular flexibility index (Phi) is 3.64. The molecular formula is C12H13NO5S. The molecule has 0 aliphatic carbocycles. The number of hydrogen-bond acceptors (Lipinski definition) is 6. The molecule has 2 unspecified atom stereocenters. The first-order chi connectivity index (χ1) is 8.95. The highest BCUT2D eigenvalue weighted by Crippen LogP contribution is 2.30. The van der Waals surface area contributed by atoms with Crippen LogP contribution in [0.5, 0.6) is 11.5 Å². The zero-order valence-corrected chi connectivity index (χ0v) is 11.1. The summed E-state index contributed by atoms with van der Waals surface area (Å²) < 4.78 is 33.3. The molecule has 1 N–H and O–H groups in total. The first-order valence-corrected chi connectivity index (χ1v) is 7.40. The van der Waals surface area contributed by atoms with Crippen LogP contribution in [-0.2, 0) is 9.84 Å². The first-order valence-electron chi connectivity index (χ1n) is 5.58. The Labute approximate surface area is 111 Å². The molecule has 2 atom stereocenters. The number of nitrogens with zero attached hydrogens (tertiary/aromatic N) is 1. The van der Waals surface area contributed by atoms with Crippen molar-refractivity contribution in [3.8, 4) is 17.6 Å². The summed E-state index contributed by atoms with van der Waals surface area (Å²) in [5.74, 6) is 0.117. The molecule has 2 rings (SSSR count). The zero-order chi connectivity index (χ0) is 14.0. The summed E-state index contributed by atoms with van der Waals surface area (Å²) in [6.07, 6.45) is -1.86. The smallest absolute Gasteiger partial charge is 0.162 e. The van der Waals surface area contributed by atoms with Gasteiger partial charge in [-0.3, -0.25) is 0 Å². The normalized spacial score (nSPS) is 24.7. The molecule has 0 saturated carbocycles. The van der Waals surface area contributed by atoms with Crippen molar-refractivity contribution in [2.75, 3.05) is 18.6 Å². The van der Waals surface area contributed by atoms with Crippen molar-refractivity contribution in [2.45, 2.75) is 12.2 Å². The molecule has 0 bridgehead atoms. The molecule has 7 heteroatoms. The van der Waals surface area contributed by atoms with Gasteiger partial charge in [-0.05, 0) is 12.1 Å². The number of nitriles is 1. The largest absolute Gasteiger partial charge is 0.493 e. The summed E-state index contributed by atoms with van der Waals surface area (Å²) in [6, 6.07) is 6.51. The SMILES string of the molecule is COc1cc(C#N)ccc1OC1CS(=O)(=O)CC1O. The highest BCUT2D eigenvalue weighted by Gasteiger charge is 2.38. The number of aliphatic hydroxyl groups is 1. The van der Waals surface area contributed by atoms with E-state index in [9.17, 15) is 13.5 Å². The summed E-state index contributed by atoms with van der Waals surface area (Å²) in [5.41, 5.74) is 0.406. The van der Waals surface area contributed by atoms with E-state index in [0.717, 1.165) is 0 Å². The molecule has 0 spiro atoms. The Morgan fingerprint density at radius 1 is 1.37 bits per heavy atom. The van der Waals surface area contributed by atoms with E-state index in [1.165, 1.54) is 25.3 Å². The fourth-order valence-corrected chi connectivity index (χ4v) is 3.57. The molecule has 102 valence electrons. The van der Waals surface area contributed by atoms with E-state index in [0.29, 0.717) is 17.1 Å². The number of rotatable bonds is 3. The van der Waals surface area contributed by atoms with Crippen LogP contribution in [0, 0.1) is 11.3 Å². The maximum absolute atomic E-state index is 11.4. The Morgan fingerprint density at radius 2 is 2.11 bits per heavy atom. The fraction of sp³-hybridized carbons (Fsp3) is 0.417. The number of aliphatic hydroxyl groups excluding tert-OH is 1. The predicted molar refractivity (Wildman–Crippen MR) is 66.8 cm³/mol. The van der Waals surface area contributed by atoms with Gasteiger partial charge in [-0.15, -0.1) is 0 Å². The topological polar surface area (TPSA) is 96.6 Å². The lowest BCUT2D eigenvalue weighted by Crippen LogP contribution is -2.29. The second-order valence-electron chi connectivity index (χ2n) is 4.28. The third kappa shape index (κ3) is 2.97. The minimum Gasteiger partial charge on any atom is -0.493 e. The van der Waals surface area contributed by atoms with Crippen LogP contribution in [0.4, 0.5) is 0 Å². The highest BCUT2D eigenvalue weighted by atomic mass is 32.2. The van der Waals surface area contributed by atoms with Gasteiger partial charge in [0.15, 0.2) is 21.3 Å². The minimum atomic E-state index is -3.27. The van der Waals surface area contributed by atoms with Crippen LogP contribution in [0.2, 0.25) is 0 Å². The standard InChI is InChI=1S/C12H13NO5S/c1-17-11-4-8(5-13)2-3-10(11)18-12-7-19(15,16)6-9(12)14/h2-4,9,12,14H,6-7H2,1H3. The average molecular weight is 283 g/mol.